The molecule has 0 spiro atoms. The van der Waals surface area contributed by atoms with E-state index >= 15 is 0 Å². The first-order valence-electron chi connectivity index (χ1n) is 7.99. The van der Waals surface area contributed by atoms with E-state index in [0.29, 0.717) is 12.8 Å². The summed E-state index contributed by atoms with van der Waals surface area (Å²) in [6.07, 6.45) is 0.724. The highest BCUT2D eigenvalue weighted by Crippen LogP contribution is 2.40. The van der Waals surface area contributed by atoms with Crippen molar-refractivity contribution in [3.63, 3.8) is 0 Å². The molecule has 0 fully saturated rings. The second-order valence-electron chi connectivity index (χ2n) is 6.91. The molecule has 3 nitrogen and oxygen atoms in total. The van der Waals surface area contributed by atoms with E-state index in [4.69, 9.17) is 4.18 Å². The highest BCUT2D eigenvalue weighted by atomic mass is 32.2. The first kappa shape index (κ1) is 17.1. The van der Waals surface area contributed by atoms with Gasteiger partial charge in [0.2, 0.25) is 0 Å². The van der Waals surface area contributed by atoms with Crippen LogP contribution in [0.1, 0.15) is 37.0 Å². The van der Waals surface area contributed by atoms with Gasteiger partial charge in [0.25, 0.3) is 10.1 Å². The van der Waals surface area contributed by atoms with Crippen LogP contribution in [0.25, 0.3) is 0 Å². The molecule has 1 aliphatic carbocycles. The van der Waals surface area contributed by atoms with E-state index in [9.17, 15) is 12.8 Å². The van der Waals surface area contributed by atoms with Gasteiger partial charge in [-0.25, -0.2) is 4.39 Å². The summed E-state index contributed by atoms with van der Waals surface area (Å²) in [5.74, 6) is -0.316. The normalized spacial score (nSPS) is 19.8. The molecule has 2 aromatic carbocycles. The Morgan fingerprint density at radius 1 is 1.12 bits per heavy atom. The summed E-state index contributed by atoms with van der Waals surface area (Å²) in [5, 5.41) is 0. The van der Waals surface area contributed by atoms with Gasteiger partial charge in [-0.1, -0.05) is 37.6 Å². The van der Waals surface area contributed by atoms with Crippen LogP contribution in [-0.4, -0.2) is 14.5 Å². The largest absolute Gasteiger partial charge is 0.297 e. The lowest BCUT2D eigenvalue weighted by Crippen LogP contribution is -2.41. The monoisotopic (exact) mass is 348 g/mol. The molecule has 0 saturated carbocycles. The number of hydrogen-bond donors (Lipinski definition) is 0. The maximum absolute atomic E-state index is 13.6. The van der Waals surface area contributed by atoms with Gasteiger partial charge < -0.3 is 0 Å². The van der Waals surface area contributed by atoms with Gasteiger partial charge in [0.15, 0.2) is 0 Å². The van der Waals surface area contributed by atoms with Crippen molar-refractivity contribution in [1.82, 2.24) is 0 Å². The van der Waals surface area contributed by atoms with E-state index in [-0.39, 0.29) is 10.7 Å². The lowest BCUT2D eigenvalue weighted by atomic mass is 9.71. The third-order valence-electron chi connectivity index (χ3n) is 4.80. The molecular formula is C19H21FO3S. The van der Waals surface area contributed by atoms with Gasteiger partial charge in [-0.3, -0.25) is 4.18 Å². The molecule has 0 heterocycles. The summed E-state index contributed by atoms with van der Waals surface area (Å²) < 4.78 is 44.4. The van der Waals surface area contributed by atoms with Gasteiger partial charge >= 0.3 is 0 Å². The number of fused-ring (bicyclic) bond motifs is 1. The molecule has 5 heteroatoms. The SMILES string of the molecule is Cc1ccc(S(=O)(=O)OC2CCc3ccc(F)cc3C2(C)C)cc1. The Bertz CT molecular complexity index is 855. The number of benzene rings is 2. The fourth-order valence-electron chi connectivity index (χ4n) is 3.27. The molecule has 0 N–H and O–H groups in total. The minimum Gasteiger partial charge on any atom is -0.262 e. The fraction of sp³-hybridized carbons (Fsp3) is 0.368. The Morgan fingerprint density at radius 3 is 2.46 bits per heavy atom. The molecule has 128 valence electrons. The van der Waals surface area contributed by atoms with Crippen LogP contribution in [0.3, 0.4) is 0 Å². The topological polar surface area (TPSA) is 43.4 Å². The van der Waals surface area contributed by atoms with Crippen LogP contribution < -0.4 is 0 Å². The Hall–Kier alpha value is -1.72. The lowest BCUT2D eigenvalue weighted by Gasteiger charge is -2.39. The second-order valence-corrected chi connectivity index (χ2v) is 8.49. The van der Waals surface area contributed by atoms with Crippen molar-refractivity contribution in [2.75, 3.05) is 0 Å². The number of rotatable bonds is 3. The van der Waals surface area contributed by atoms with Crippen molar-refractivity contribution in [3.8, 4) is 0 Å². The van der Waals surface area contributed by atoms with Crippen LogP contribution in [0.15, 0.2) is 47.4 Å². The van der Waals surface area contributed by atoms with Crippen LogP contribution in [0.2, 0.25) is 0 Å². The molecule has 1 atom stereocenters. The number of hydrogen-bond acceptors (Lipinski definition) is 3. The summed E-state index contributed by atoms with van der Waals surface area (Å²) in [7, 11) is -3.85. The molecule has 3 rings (SSSR count). The molecule has 0 aliphatic heterocycles. The van der Waals surface area contributed by atoms with Crippen LogP contribution in [0.4, 0.5) is 4.39 Å². The zero-order valence-electron chi connectivity index (χ0n) is 14.0. The lowest BCUT2D eigenvalue weighted by molar-refractivity contribution is 0.114. The fourth-order valence-corrected chi connectivity index (χ4v) is 4.49. The standard InChI is InChI=1S/C19H21FO3S/c1-13-4-9-16(10-5-13)24(21,22)23-18-11-7-14-6-8-15(20)12-17(14)19(18,2)3/h4-6,8-10,12,18H,7,11H2,1-3H3. The van der Waals surface area contributed by atoms with Gasteiger partial charge in [-0.15, -0.1) is 0 Å². The molecule has 1 unspecified atom stereocenters. The van der Waals surface area contributed by atoms with E-state index < -0.39 is 21.6 Å². The van der Waals surface area contributed by atoms with Crippen molar-refractivity contribution in [2.45, 2.75) is 50.0 Å². The maximum Gasteiger partial charge on any atom is 0.297 e. The Labute approximate surface area is 142 Å². The van der Waals surface area contributed by atoms with Crippen LogP contribution >= 0.6 is 0 Å². The van der Waals surface area contributed by atoms with E-state index in [1.165, 1.54) is 12.1 Å². The zero-order valence-corrected chi connectivity index (χ0v) is 14.9. The minimum atomic E-state index is -3.85. The number of aryl methyl sites for hydroxylation is 2. The van der Waals surface area contributed by atoms with Gasteiger partial charge in [0.05, 0.1) is 11.0 Å². The van der Waals surface area contributed by atoms with Crippen LogP contribution in [0.5, 0.6) is 0 Å². The van der Waals surface area contributed by atoms with Crippen LogP contribution in [-0.2, 0) is 26.1 Å². The highest BCUT2D eigenvalue weighted by Gasteiger charge is 2.40. The number of halogens is 1. The first-order chi connectivity index (χ1) is 11.2. The first-order valence-corrected chi connectivity index (χ1v) is 9.40. The minimum absolute atomic E-state index is 0.147. The molecule has 0 radical (unpaired) electrons. The van der Waals surface area contributed by atoms with E-state index in [0.717, 1.165) is 16.7 Å². The van der Waals surface area contributed by atoms with Gasteiger partial charge in [-0.2, -0.15) is 8.42 Å². The summed E-state index contributed by atoms with van der Waals surface area (Å²) >= 11 is 0. The Kier molecular flexibility index (Phi) is 4.26. The smallest absolute Gasteiger partial charge is 0.262 e. The molecular weight excluding hydrogens is 327 g/mol. The van der Waals surface area contributed by atoms with Crippen molar-refractivity contribution < 1.29 is 17.0 Å². The van der Waals surface area contributed by atoms with Gasteiger partial charge in [0.1, 0.15) is 5.82 Å². The van der Waals surface area contributed by atoms with E-state index in [1.54, 1.807) is 30.3 Å². The molecule has 0 amide bonds. The van der Waals surface area contributed by atoms with Crippen molar-refractivity contribution in [1.29, 1.82) is 0 Å². The van der Waals surface area contributed by atoms with Gasteiger partial charge in [-0.05, 0) is 55.2 Å². The van der Waals surface area contributed by atoms with Crippen molar-refractivity contribution in [2.24, 2.45) is 0 Å². The third-order valence-corrected chi connectivity index (χ3v) is 6.13. The summed E-state index contributed by atoms with van der Waals surface area (Å²) in [5.41, 5.74) is 2.26. The molecule has 0 bridgehead atoms. The average Bonchev–Trinajstić information content (AvgIpc) is 2.51. The van der Waals surface area contributed by atoms with E-state index in [2.05, 4.69) is 0 Å². The average molecular weight is 348 g/mol. The molecule has 0 aromatic heterocycles. The van der Waals surface area contributed by atoms with E-state index in [1.807, 2.05) is 20.8 Å². The predicted octanol–water partition coefficient (Wildman–Crippen LogP) is 4.13. The zero-order chi connectivity index (χ0) is 17.5. The molecule has 0 saturated heterocycles. The Morgan fingerprint density at radius 2 is 1.79 bits per heavy atom. The maximum atomic E-state index is 13.6. The molecule has 24 heavy (non-hydrogen) atoms. The quantitative estimate of drug-likeness (QED) is 0.783. The molecule has 2 aromatic rings. The highest BCUT2D eigenvalue weighted by molar-refractivity contribution is 7.86. The van der Waals surface area contributed by atoms with Crippen LogP contribution in [0, 0.1) is 12.7 Å². The second kappa shape index (κ2) is 5.97. The van der Waals surface area contributed by atoms with Crippen molar-refractivity contribution >= 4 is 10.1 Å². The van der Waals surface area contributed by atoms with Gasteiger partial charge in [0, 0.05) is 5.41 Å². The molecule has 1 aliphatic rings. The third kappa shape index (κ3) is 3.10. The summed E-state index contributed by atoms with van der Waals surface area (Å²) in [6.45, 7) is 5.70. The van der Waals surface area contributed by atoms with Crippen molar-refractivity contribution in [3.05, 3.63) is 65.0 Å². The summed E-state index contributed by atoms with van der Waals surface area (Å²) in [4.78, 5) is 0.147. The summed E-state index contributed by atoms with van der Waals surface area (Å²) in [6, 6.07) is 11.3. The Balaban J connectivity index is 1.92. The predicted molar refractivity (Wildman–Crippen MR) is 91.0 cm³/mol.